The van der Waals surface area contributed by atoms with Gasteiger partial charge in [-0.1, -0.05) is 0 Å². The van der Waals surface area contributed by atoms with Gasteiger partial charge in [0, 0.05) is 38.4 Å². The molecule has 3 heterocycles. The van der Waals surface area contributed by atoms with E-state index >= 15 is 0 Å². The molecule has 1 N–H and O–H groups in total. The summed E-state index contributed by atoms with van der Waals surface area (Å²) < 4.78 is 11.0. The van der Waals surface area contributed by atoms with Crippen LogP contribution in [-0.4, -0.2) is 48.7 Å². The Morgan fingerprint density at radius 3 is 3.08 bits per heavy atom. The van der Waals surface area contributed by atoms with E-state index in [1.807, 2.05) is 20.8 Å². The summed E-state index contributed by atoms with van der Waals surface area (Å²) in [5, 5.41) is 4.00. The van der Waals surface area contributed by atoms with E-state index in [4.69, 9.17) is 9.15 Å². The first kappa shape index (κ1) is 18.6. The van der Waals surface area contributed by atoms with Gasteiger partial charge in [0.25, 0.3) is 0 Å². The summed E-state index contributed by atoms with van der Waals surface area (Å²) in [7, 11) is 0. The number of carbonyl (C=O) groups excluding carboxylic acids is 1. The molecule has 0 bridgehead atoms. The van der Waals surface area contributed by atoms with Gasteiger partial charge in [-0.3, -0.25) is 4.79 Å². The van der Waals surface area contributed by atoms with Crippen molar-refractivity contribution in [2.75, 3.05) is 37.7 Å². The minimum atomic E-state index is -0.0193. The maximum Gasteiger partial charge on any atom is 0.231 e. The Kier molecular flexibility index (Phi) is 6.08. The molecular weight excluding hydrogens is 332 g/mol. The number of carbonyl (C=O) groups is 1. The second kappa shape index (κ2) is 8.49. The van der Waals surface area contributed by atoms with Crippen molar-refractivity contribution in [3.8, 4) is 0 Å². The van der Waals surface area contributed by atoms with Crippen molar-refractivity contribution in [1.29, 1.82) is 0 Å². The lowest BCUT2D eigenvalue weighted by Crippen LogP contribution is -2.43. The van der Waals surface area contributed by atoms with Crippen molar-refractivity contribution < 1.29 is 13.9 Å². The van der Waals surface area contributed by atoms with Gasteiger partial charge in [-0.15, -0.1) is 0 Å². The Labute approximate surface area is 154 Å². The highest BCUT2D eigenvalue weighted by Crippen LogP contribution is 2.32. The number of furan rings is 1. The van der Waals surface area contributed by atoms with Crippen LogP contribution in [0.15, 0.2) is 10.7 Å². The maximum absolute atomic E-state index is 12.5. The van der Waals surface area contributed by atoms with Crippen LogP contribution in [0.2, 0.25) is 0 Å². The fraction of sp³-hybridized carbons (Fsp3) is 0.632. The second-order valence-corrected chi connectivity index (χ2v) is 6.79. The molecule has 2 aromatic heterocycles. The zero-order valence-corrected chi connectivity index (χ0v) is 15.9. The first-order chi connectivity index (χ1) is 12.6. The third-order valence-electron chi connectivity index (χ3n) is 5.01. The van der Waals surface area contributed by atoms with Crippen molar-refractivity contribution in [3.05, 3.63) is 17.7 Å². The molecule has 0 unspecified atom stereocenters. The van der Waals surface area contributed by atoms with Crippen LogP contribution in [0, 0.1) is 19.8 Å². The molecule has 1 aliphatic heterocycles. The largest absolute Gasteiger partial charge is 0.443 e. The molecule has 1 aliphatic rings. The monoisotopic (exact) mass is 360 g/mol. The predicted molar refractivity (Wildman–Crippen MR) is 100 cm³/mol. The van der Waals surface area contributed by atoms with Crippen LogP contribution in [0.5, 0.6) is 0 Å². The van der Waals surface area contributed by atoms with Gasteiger partial charge < -0.3 is 19.4 Å². The zero-order chi connectivity index (χ0) is 18.5. The summed E-state index contributed by atoms with van der Waals surface area (Å²) in [6.07, 6.45) is 4.26. The number of aromatic nitrogens is 2. The number of rotatable bonds is 7. The lowest BCUT2D eigenvalue weighted by atomic mass is 9.96. The van der Waals surface area contributed by atoms with Gasteiger partial charge in [0.2, 0.25) is 11.6 Å². The molecule has 0 spiro atoms. The van der Waals surface area contributed by atoms with E-state index < -0.39 is 0 Å². The van der Waals surface area contributed by atoms with Gasteiger partial charge in [0.15, 0.2) is 0 Å². The van der Waals surface area contributed by atoms with Crippen LogP contribution in [0.4, 0.5) is 5.82 Å². The van der Waals surface area contributed by atoms with E-state index in [-0.39, 0.29) is 11.8 Å². The third kappa shape index (κ3) is 3.98. The van der Waals surface area contributed by atoms with Crippen LogP contribution < -0.4 is 10.2 Å². The van der Waals surface area contributed by atoms with Crippen LogP contribution in [0.1, 0.15) is 37.5 Å². The lowest BCUT2D eigenvalue weighted by molar-refractivity contribution is -0.125. The van der Waals surface area contributed by atoms with Crippen molar-refractivity contribution in [2.45, 2.75) is 40.0 Å². The minimum absolute atomic E-state index is 0.0193. The first-order valence-corrected chi connectivity index (χ1v) is 9.43. The summed E-state index contributed by atoms with van der Waals surface area (Å²) in [5.41, 5.74) is 1.69. The molecule has 1 saturated heterocycles. The molecule has 1 atom stereocenters. The number of piperidine rings is 1. The third-order valence-corrected chi connectivity index (χ3v) is 5.01. The number of anilines is 1. The van der Waals surface area contributed by atoms with E-state index in [0.29, 0.717) is 32.0 Å². The standard InChI is InChI=1S/C19H28N4O3/c1-4-25-10-6-8-20-18(24)15-7-5-9-23(11-15)17-16-13(2)14(3)26-19(16)22-12-21-17/h12,15H,4-11H2,1-3H3,(H,20,24)/t15-/m0/s1. The normalized spacial score (nSPS) is 17.7. The fourth-order valence-corrected chi connectivity index (χ4v) is 3.46. The summed E-state index contributed by atoms with van der Waals surface area (Å²) in [4.78, 5) is 23.4. The number of nitrogens with one attached hydrogen (secondary N) is 1. The molecule has 2 aromatic rings. The van der Waals surface area contributed by atoms with Gasteiger partial charge in [-0.25, -0.2) is 9.97 Å². The smallest absolute Gasteiger partial charge is 0.231 e. The predicted octanol–water partition coefficient (Wildman–Crippen LogP) is 2.60. The Morgan fingerprint density at radius 2 is 2.27 bits per heavy atom. The molecular formula is C19H28N4O3. The fourth-order valence-electron chi connectivity index (χ4n) is 3.46. The average Bonchev–Trinajstić information content (AvgIpc) is 2.95. The molecule has 26 heavy (non-hydrogen) atoms. The minimum Gasteiger partial charge on any atom is -0.443 e. The molecule has 0 aromatic carbocycles. The van der Waals surface area contributed by atoms with Crippen molar-refractivity contribution in [2.24, 2.45) is 5.92 Å². The van der Waals surface area contributed by atoms with Crippen LogP contribution in [0.25, 0.3) is 11.1 Å². The molecule has 0 aliphatic carbocycles. The Hall–Kier alpha value is -2.15. The summed E-state index contributed by atoms with van der Waals surface area (Å²) in [6, 6.07) is 0. The summed E-state index contributed by atoms with van der Waals surface area (Å²) in [5.74, 6) is 1.84. The summed E-state index contributed by atoms with van der Waals surface area (Å²) >= 11 is 0. The number of hydrogen-bond acceptors (Lipinski definition) is 6. The van der Waals surface area contributed by atoms with Gasteiger partial charge in [-0.2, -0.15) is 0 Å². The number of fused-ring (bicyclic) bond motifs is 1. The Bertz CT molecular complexity index is 759. The van der Waals surface area contributed by atoms with Gasteiger partial charge in [0.05, 0.1) is 11.3 Å². The van der Waals surface area contributed by atoms with Crippen molar-refractivity contribution >= 4 is 22.8 Å². The second-order valence-electron chi connectivity index (χ2n) is 6.79. The van der Waals surface area contributed by atoms with Crippen LogP contribution in [0.3, 0.4) is 0 Å². The SMILES string of the molecule is CCOCCCNC(=O)[C@H]1CCCN(c2ncnc3oc(C)c(C)c23)C1. The molecule has 1 fully saturated rings. The molecule has 3 rings (SSSR count). The topological polar surface area (TPSA) is 80.5 Å². The Balaban J connectivity index is 1.66. The highest BCUT2D eigenvalue weighted by molar-refractivity contribution is 5.90. The van der Waals surface area contributed by atoms with E-state index in [0.717, 1.165) is 48.3 Å². The molecule has 1 amide bonds. The number of amides is 1. The first-order valence-electron chi connectivity index (χ1n) is 9.43. The van der Waals surface area contributed by atoms with Crippen molar-refractivity contribution in [3.63, 3.8) is 0 Å². The summed E-state index contributed by atoms with van der Waals surface area (Å²) in [6.45, 7) is 9.57. The maximum atomic E-state index is 12.5. The molecule has 0 saturated carbocycles. The van der Waals surface area contributed by atoms with Crippen LogP contribution in [-0.2, 0) is 9.53 Å². The highest BCUT2D eigenvalue weighted by Gasteiger charge is 2.28. The quantitative estimate of drug-likeness (QED) is 0.765. The number of nitrogens with zero attached hydrogens (tertiary/aromatic N) is 3. The average molecular weight is 360 g/mol. The number of ether oxygens (including phenoxy) is 1. The van der Waals surface area contributed by atoms with E-state index in [2.05, 4.69) is 20.2 Å². The lowest BCUT2D eigenvalue weighted by Gasteiger charge is -2.33. The van der Waals surface area contributed by atoms with E-state index in [1.165, 1.54) is 6.33 Å². The number of aryl methyl sites for hydroxylation is 2. The molecule has 0 radical (unpaired) electrons. The zero-order valence-electron chi connectivity index (χ0n) is 15.9. The van der Waals surface area contributed by atoms with E-state index in [9.17, 15) is 4.79 Å². The van der Waals surface area contributed by atoms with Gasteiger partial charge in [-0.05, 0) is 40.0 Å². The van der Waals surface area contributed by atoms with Gasteiger partial charge in [0.1, 0.15) is 17.9 Å². The van der Waals surface area contributed by atoms with Crippen LogP contribution >= 0.6 is 0 Å². The van der Waals surface area contributed by atoms with Gasteiger partial charge >= 0.3 is 0 Å². The number of hydrogen-bond donors (Lipinski definition) is 1. The molecule has 142 valence electrons. The highest BCUT2D eigenvalue weighted by atomic mass is 16.5. The van der Waals surface area contributed by atoms with Crippen molar-refractivity contribution in [1.82, 2.24) is 15.3 Å². The van der Waals surface area contributed by atoms with E-state index in [1.54, 1.807) is 0 Å². The Morgan fingerprint density at radius 1 is 1.42 bits per heavy atom. The molecule has 7 heteroatoms. The molecule has 7 nitrogen and oxygen atoms in total.